The fourth-order valence-corrected chi connectivity index (χ4v) is 3.21. The zero-order chi connectivity index (χ0) is 13.8. The van der Waals surface area contributed by atoms with Crippen molar-refractivity contribution in [3.63, 3.8) is 0 Å². The highest BCUT2D eigenvalue weighted by Gasteiger charge is 2.16. The van der Waals surface area contributed by atoms with Crippen molar-refractivity contribution in [2.24, 2.45) is 0 Å². The van der Waals surface area contributed by atoms with E-state index < -0.39 is 9.84 Å². The van der Waals surface area contributed by atoms with E-state index in [0.29, 0.717) is 11.4 Å². The van der Waals surface area contributed by atoms with Gasteiger partial charge >= 0.3 is 0 Å². The van der Waals surface area contributed by atoms with Gasteiger partial charge in [-0.05, 0) is 37.1 Å². The Morgan fingerprint density at radius 3 is 2.56 bits per heavy atom. The minimum absolute atomic E-state index is 0.0924. The lowest BCUT2D eigenvalue weighted by atomic mass is 10.1. The molecule has 0 amide bonds. The standard InChI is InChI=1S/C13H20ClNO2S/c1-4-15-12(9-18(3,16)17)8-11-6-5-10(2)7-13(11)14/h5-7,12,15H,4,8-9H2,1-3H3. The quantitative estimate of drug-likeness (QED) is 0.873. The minimum Gasteiger partial charge on any atom is -0.313 e. The number of benzene rings is 1. The van der Waals surface area contributed by atoms with Gasteiger partial charge in [0.25, 0.3) is 0 Å². The molecule has 0 aliphatic rings. The molecule has 0 saturated heterocycles. The molecule has 0 radical (unpaired) electrons. The number of rotatable bonds is 6. The molecule has 1 unspecified atom stereocenters. The van der Waals surface area contributed by atoms with Gasteiger partial charge in [0.05, 0.1) is 5.75 Å². The van der Waals surface area contributed by atoms with Gasteiger partial charge in [-0.25, -0.2) is 8.42 Å². The summed E-state index contributed by atoms with van der Waals surface area (Å²) >= 11 is 6.17. The van der Waals surface area contributed by atoms with Gasteiger partial charge in [0.2, 0.25) is 0 Å². The van der Waals surface area contributed by atoms with Gasteiger partial charge in [-0.1, -0.05) is 30.7 Å². The van der Waals surface area contributed by atoms with Crippen molar-refractivity contribution in [2.45, 2.75) is 26.3 Å². The lowest BCUT2D eigenvalue weighted by molar-refractivity contribution is 0.545. The van der Waals surface area contributed by atoms with Crippen molar-refractivity contribution in [1.82, 2.24) is 5.32 Å². The summed E-state index contributed by atoms with van der Waals surface area (Å²) in [6, 6.07) is 5.76. The molecule has 1 rings (SSSR count). The zero-order valence-electron chi connectivity index (χ0n) is 11.0. The van der Waals surface area contributed by atoms with Crippen molar-refractivity contribution in [1.29, 1.82) is 0 Å². The molecule has 5 heteroatoms. The number of halogens is 1. The second-order valence-corrected chi connectivity index (χ2v) is 7.24. The van der Waals surface area contributed by atoms with E-state index in [1.165, 1.54) is 6.26 Å². The van der Waals surface area contributed by atoms with Gasteiger partial charge in [-0.2, -0.15) is 0 Å². The van der Waals surface area contributed by atoms with E-state index in [9.17, 15) is 8.42 Å². The molecule has 0 aliphatic heterocycles. The van der Waals surface area contributed by atoms with Crippen molar-refractivity contribution in [3.8, 4) is 0 Å². The van der Waals surface area contributed by atoms with Gasteiger partial charge in [0, 0.05) is 17.3 Å². The maximum atomic E-state index is 11.4. The summed E-state index contributed by atoms with van der Waals surface area (Å²) in [5.41, 5.74) is 2.09. The molecular formula is C13H20ClNO2S. The maximum absolute atomic E-state index is 11.4. The van der Waals surface area contributed by atoms with Gasteiger partial charge in [0.1, 0.15) is 9.84 Å². The van der Waals surface area contributed by atoms with Crippen LogP contribution in [0.2, 0.25) is 5.02 Å². The Kier molecular flexibility index (Phi) is 5.63. The van der Waals surface area contributed by atoms with Crippen LogP contribution in [0.5, 0.6) is 0 Å². The number of nitrogens with one attached hydrogen (secondary N) is 1. The molecule has 0 spiro atoms. The van der Waals surface area contributed by atoms with Crippen LogP contribution in [0, 0.1) is 6.92 Å². The molecule has 1 aromatic rings. The van der Waals surface area contributed by atoms with Crippen LogP contribution in [0.1, 0.15) is 18.1 Å². The molecule has 1 aromatic carbocycles. The van der Waals surface area contributed by atoms with Gasteiger partial charge < -0.3 is 5.32 Å². The number of likely N-dealkylation sites (N-methyl/N-ethyl adjacent to an activating group) is 1. The maximum Gasteiger partial charge on any atom is 0.148 e. The summed E-state index contributed by atoms with van der Waals surface area (Å²) in [5, 5.41) is 3.89. The highest BCUT2D eigenvalue weighted by molar-refractivity contribution is 7.90. The molecule has 0 aromatic heterocycles. The molecule has 0 bridgehead atoms. The van der Waals surface area contributed by atoms with Crippen LogP contribution in [0.25, 0.3) is 0 Å². The molecule has 0 saturated carbocycles. The Labute approximate surface area is 114 Å². The van der Waals surface area contributed by atoms with E-state index in [0.717, 1.165) is 17.7 Å². The van der Waals surface area contributed by atoms with E-state index in [4.69, 9.17) is 11.6 Å². The minimum atomic E-state index is -2.99. The lowest BCUT2D eigenvalue weighted by Crippen LogP contribution is -2.37. The summed E-state index contributed by atoms with van der Waals surface area (Å²) < 4.78 is 22.7. The zero-order valence-corrected chi connectivity index (χ0v) is 12.6. The van der Waals surface area contributed by atoms with Gasteiger partial charge in [-0.3, -0.25) is 0 Å². The summed E-state index contributed by atoms with van der Waals surface area (Å²) in [6.45, 7) is 4.68. The van der Waals surface area contributed by atoms with Crippen LogP contribution in [-0.2, 0) is 16.3 Å². The summed E-state index contributed by atoms with van der Waals surface area (Å²) in [6.07, 6.45) is 1.88. The fraction of sp³-hybridized carbons (Fsp3) is 0.538. The SMILES string of the molecule is CCNC(Cc1ccc(C)cc1Cl)CS(C)(=O)=O. The van der Waals surface area contributed by atoms with E-state index in [1.54, 1.807) is 0 Å². The fourth-order valence-electron chi connectivity index (χ4n) is 1.93. The highest BCUT2D eigenvalue weighted by Crippen LogP contribution is 2.19. The van der Waals surface area contributed by atoms with E-state index in [2.05, 4.69) is 5.32 Å². The predicted octanol–water partition coefficient (Wildman–Crippen LogP) is 2.21. The van der Waals surface area contributed by atoms with Gasteiger partial charge in [-0.15, -0.1) is 0 Å². The number of hydrogen-bond donors (Lipinski definition) is 1. The summed E-state index contributed by atoms with van der Waals surface area (Å²) in [7, 11) is -2.99. The smallest absolute Gasteiger partial charge is 0.148 e. The monoisotopic (exact) mass is 289 g/mol. The first-order valence-electron chi connectivity index (χ1n) is 5.98. The molecule has 0 aliphatic carbocycles. The third kappa shape index (κ3) is 5.38. The Morgan fingerprint density at radius 1 is 1.39 bits per heavy atom. The lowest BCUT2D eigenvalue weighted by Gasteiger charge is -2.17. The Morgan fingerprint density at radius 2 is 2.06 bits per heavy atom. The van der Waals surface area contributed by atoms with E-state index >= 15 is 0 Å². The molecule has 1 N–H and O–H groups in total. The Hall–Kier alpha value is -0.580. The Bertz CT molecular complexity index is 500. The molecule has 3 nitrogen and oxygen atoms in total. The summed E-state index contributed by atoms with van der Waals surface area (Å²) in [5.74, 6) is 0.130. The Balaban J connectivity index is 2.82. The molecule has 102 valence electrons. The van der Waals surface area contributed by atoms with Crippen molar-refractivity contribution >= 4 is 21.4 Å². The first-order valence-corrected chi connectivity index (χ1v) is 8.42. The average molecular weight is 290 g/mol. The van der Waals surface area contributed by atoms with Crippen LogP contribution in [0.3, 0.4) is 0 Å². The predicted molar refractivity (Wildman–Crippen MR) is 77.1 cm³/mol. The molecule has 18 heavy (non-hydrogen) atoms. The van der Waals surface area contributed by atoms with Crippen LogP contribution in [0.4, 0.5) is 0 Å². The van der Waals surface area contributed by atoms with Crippen LogP contribution >= 0.6 is 11.6 Å². The molecule has 1 atom stereocenters. The average Bonchev–Trinajstić information content (AvgIpc) is 2.20. The van der Waals surface area contributed by atoms with Crippen LogP contribution < -0.4 is 5.32 Å². The second kappa shape index (κ2) is 6.55. The number of hydrogen-bond acceptors (Lipinski definition) is 3. The molecule has 0 fully saturated rings. The second-order valence-electron chi connectivity index (χ2n) is 4.65. The molecule has 0 heterocycles. The number of sulfone groups is 1. The third-order valence-electron chi connectivity index (χ3n) is 2.67. The van der Waals surface area contributed by atoms with E-state index in [1.807, 2.05) is 32.0 Å². The highest BCUT2D eigenvalue weighted by atomic mass is 35.5. The van der Waals surface area contributed by atoms with Crippen molar-refractivity contribution < 1.29 is 8.42 Å². The first-order chi connectivity index (χ1) is 8.31. The third-order valence-corrected chi connectivity index (χ3v) is 4.03. The summed E-state index contributed by atoms with van der Waals surface area (Å²) in [4.78, 5) is 0. The molecular weight excluding hydrogens is 270 g/mol. The first kappa shape index (κ1) is 15.5. The van der Waals surface area contributed by atoms with Crippen LogP contribution in [0.15, 0.2) is 18.2 Å². The topological polar surface area (TPSA) is 46.2 Å². The number of aryl methyl sites for hydroxylation is 1. The van der Waals surface area contributed by atoms with Crippen molar-refractivity contribution in [3.05, 3.63) is 34.3 Å². The van der Waals surface area contributed by atoms with Crippen LogP contribution in [-0.4, -0.2) is 33.0 Å². The normalized spacial score (nSPS) is 13.6. The van der Waals surface area contributed by atoms with Gasteiger partial charge in [0.15, 0.2) is 0 Å². The van der Waals surface area contributed by atoms with E-state index in [-0.39, 0.29) is 11.8 Å². The van der Waals surface area contributed by atoms with Crippen molar-refractivity contribution in [2.75, 3.05) is 18.6 Å². The largest absolute Gasteiger partial charge is 0.313 e.